The molecule has 1 aliphatic rings. The van der Waals surface area contributed by atoms with Gasteiger partial charge in [-0.2, -0.15) is 0 Å². The second kappa shape index (κ2) is 11.0. The second-order valence-electron chi connectivity index (χ2n) is 9.77. The Hall–Kier alpha value is -4.77. The topological polar surface area (TPSA) is 120 Å². The largest absolute Gasteiger partial charge is 0.463 e. The number of esters is 1. The van der Waals surface area contributed by atoms with E-state index in [2.05, 4.69) is 4.99 Å². The Morgan fingerprint density at radius 2 is 1.90 bits per heavy atom. The van der Waals surface area contributed by atoms with E-state index in [1.807, 2.05) is 43.3 Å². The molecule has 0 saturated heterocycles. The van der Waals surface area contributed by atoms with Gasteiger partial charge in [-0.25, -0.2) is 9.79 Å². The summed E-state index contributed by atoms with van der Waals surface area (Å²) in [6.07, 6.45) is 1.59. The standard InChI is InChI=1S/C30H28N4O6S/c1-6-39-29(36)26-18(3)31-30-33(27(26)19-8-10-20(11-9-19)32(4)5)28(35)25(41-30)16-21-12-14-24(40-21)22-13-7-17(2)15-23(22)34(37)38/h7-16,27H,6H2,1-5H3/b25-16-. The van der Waals surface area contributed by atoms with Crippen LogP contribution < -0.4 is 19.8 Å². The summed E-state index contributed by atoms with van der Waals surface area (Å²) in [5, 5.41) is 11.6. The average Bonchev–Trinajstić information content (AvgIpc) is 3.52. The highest BCUT2D eigenvalue weighted by Crippen LogP contribution is 2.33. The normalized spacial score (nSPS) is 15.0. The monoisotopic (exact) mass is 572 g/mol. The molecule has 210 valence electrons. The Morgan fingerprint density at radius 3 is 2.56 bits per heavy atom. The molecule has 2 aromatic carbocycles. The van der Waals surface area contributed by atoms with Gasteiger partial charge in [-0.15, -0.1) is 0 Å². The third-order valence-corrected chi connectivity index (χ3v) is 7.74. The molecular weight excluding hydrogens is 544 g/mol. The number of aromatic nitrogens is 1. The highest BCUT2D eigenvalue weighted by atomic mass is 32.1. The van der Waals surface area contributed by atoms with Gasteiger partial charge in [0.15, 0.2) is 4.80 Å². The molecule has 0 saturated carbocycles. The van der Waals surface area contributed by atoms with Crippen LogP contribution in [0.2, 0.25) is 0 Å². The quantitative estimate of drug-likeness (QED) is 0.184. The summed E-state index contributed by atoms with van der Waals surface area (Å²) in [5.41, 5.74) is 3.20. The maximum absolute atomic E-state index is 13.8. The van der Waals surface area contributed by atoms with Crippen LogP contribution in [0.15, 0.2) is 80.1 Å². The van der Waals surface area contributed by atoms with Crippen molar-refractivity contribution in [3.63, 3.8) is 0 Å². The zero-order chi connectivity index (χ0) is 29.4. The van der Waals surface area contributed by atoms with E-state index < -0.39 is 16.9 Å². The molecule has 3 heterocycles. The number of carbonyl (C=O) groups is 1. The first-order valence-electron chi connectivity index (χ1n) is 12.9. The molecule has 11 heteroatoms. The molecule has 0 spiro atoms. The molecule has 41 heavy (non-hydrogen) atoms. The van der Waals surface area contributed by atoms with Gasteiger partial charge >= 0.3 is 5.97 Å². The Balaban J connectivity index is 1.63. The summed E-state index contributed by atoms with van der Waals surface area (Å²) in [4.78, 5) is 45.1. The molecule has 10 nitrogen and oxygen atoms in total. The number of carbonyl (C=O) groups excluding carboxylic acids is 1. The number of rotatable bonds is 7. The number of nitro benzene ring substituents is 1. The van der Waals surface area contributed by atoms with Gasteiger partial charge in [0.05, 0.1) is 38.9 Å². The molecule has 0 radical (unpaired) electrons. The van der Waals surface area contributed by atoms with E-state index in [0.717, 1.165) is 16.8 Å². The lowest BCUT2D eigenvalue weighted by molar-refractivity contribution is -0.384. The molecule has 2 aromatic heterocycles. The van der Waals surface area contributed by atoms with E-state index >= 15 is 0 Å². The van der Waals surface area contributed by atoms with Crippen LogP contribution in [0.1, 0.15) is 36.8 Å². The van der Waals surface area contributed by atoms with E-state index in [9.17, 15) is 19.7 Å². The highest BCUT2D eigenvalue weighted by molar-refractivity contribution is 7.07. The van der Waals surface area contributed by atoms with Crippen LogP contribution in [0.4, 0.5) is 11.4 Å². The number of ether oxygens (including phenoxy) is 1. The van der Waals surface area contributed by atoms with E-state index in [4.69, 9.17) is 9.15 Å². The van der Waals surface area contributed by atoms with Crippen molar-refractivity contribution < 1.29 is 18.9 Å². The van der Waals surface area contributed by atoms with Crippen LogP contribution in [0.5, 0.6) is 0 Å². The third-order valence-electron chi connectivity index (χ3n) is 6.76. The first kappa shape index (κ1) is 27.8. The molecule has 5 rings (SSSR count). The number of thiazole rings is 1. The van der Waals surface area contributed by atoms with Crippen LogP contribution >= 0.6 is 11.3 Å². The Bertz CT molecular complexity index is 1880. The maximum atomic E-state index is 13.8. The first-order valence-corrected chi connectivity index (χ1v) is 13.7. The number of allylic oxidation sites excluding steroid dienone is 1. The predicted octanol–water partition coefficient (Wildman–Crippen LogP) is 4.34. The van der Waals surface area contributed by atoms with Gasteiger partial charge in [-0.1, -0.05) is 29.5 Å². The van der Waals surface area contributed by atoms with Crippen LogP contribution in [0.25, 0.3) is 17.4 Å². The molecule has 0 fully saturated rings. The summed E-state index contributed by atoms with van der Waals surface area (Å²) in [7, 11) is 3.87. The van der Waals surface area contributed by atoms with Crippen molar-refractivity contribution in [2.24, 2.45) is 4.99 Å². The van der Waals surface area contributed by atoms with E-state index in [1.54, 1.807) is 51.1 Å². The number of furan rings is 1. The van der Waals surface area contributed by atoms with Gasteiger partial charge in [0.25, 0.3) is 11.2 Å². The molecule has 1 aliphatic heterocycles. The minimum atomic E-state index is -0.731. The zero-order valence-electron chi connectivity index (χ0n) is 23.2. The smallest absolute Gasteiger partial charge is 0.338 e. The number of anilines is 1. The van der Waals surface area contributed by atoms with Gasteiger partial charge in [-0.3, -0.25) is 19.5 Å². The van der Waals surface area contributed by atoms with Crippen LogP contribution in [-0.2, 0) is 9.53 Å². The number of hydrogen-bond donors (Lipinski definition) is 0. The number of fused-ring (bicyclic) bond motifs is 1. The number of nitrogens with zero attached hydrogens (tertiary/aromatic N) is 4. The molecular formula is C30H28N4O6S. The summed E-state index contributed by atoms with van der Waals surface area (Å²) >= 11 is 1.17. The summed E-state index contributed by atoms with van der Waals surface area (Å²) in [6.45, 7) is 5.43. The van der Waals surface area contributed by atoms with Crippen molar-refractivity contribution in [3.8, 4) is 11.3 Å². The Morgan fingerprint density at radius 1 is 1.17 bits per heavy atom. The molecule has 4 aromatic rings. The lowest BCUT2D eigenvalue weighted by Gasteiger charge is -2.25. The molecule has 1 atom stereocenters. The van der Waals surface area contributed by atoms with Gasteiger partial charge in [0, 0.05) is 31.9 Å². The van der Waals surface area contributed by atoms with E-state index in [0.29, 0.717) is 37.7 Å². The molecule has 0 bridgehead atoms. The molecule has 1 unspecified atom stereocenters. The molecule has 0 aliphatic carbocycles. The van der Waals surface area contributed by atoms with Crippen molar-refractivity contribution in [1.82, 2.24) is 4.57 Å². The fourth-order valence-electron chi connectivity index (χ4n) is 4.77. The Labute approximate surface area is 239 Å². The fourth-order valence-corrected chi connectivity index (χ4v) is 5.79. The lowest BCUT2D eigenvalue weighted by atomic mass is 9.95. The number of nitro groups is 1. The average molecular weight is 573 g/mol. The number of aryl methyl sites for hydroxylation is 1. The van der Waals surface area contributed by atoms with Crippen LogP contribution in [0.3, 0.4) is 0 Å². The van der Waals surface area contributed by atoms with Crippen molar-refractivity contribution in [1.29, 1.82) is 0 Å². The van der Waals surface area contributed by atoms with Gasteiger partial charge in [0.2, 0.25) is 0 Å². The van der Waals surface area contributed by atoms with Crippen molar-refractivity contribution in [2.75, 3.05) is 25.6 Å². The van der Waals surface area contributed by atoms with Gasteiger partial charge < -0.3 is 14.1 Å². The fraction of sp³-hybridized carbons (Fsp3) is 0.233. The Kier molecular flexibility index (Phi) is 7.46. The minimum absolute atomic E-state index is 0.0625. The minimum Gasteiger partial charge on any atom is -0.463 e. The van der Waals surface area contributed by atoms with Crippen LogP contribution in [0, 0.1) is 17.0 Å². The van der Waals surface area contributed by atoms with Gasteiger partial charge in [0.1, 0.15) is 11.5 Å². The molecule has 0 amide bonds. The van der Waals surface area contributed by atoms with Crippen molar-refractivity contribution in [2.45, 2.75) is 26.8 Å². The first-order chi connectivity index (χ1) is 19.6. The lowest BCUT2D eigenvalue weighted by Crippen LogP contribution is -2.39. The summed E-state index contributed by atoms with van der Waals surface area (Å²) in [5.74, 6) is 0.142. The van der Waals surface area contributed by atoms with E-state index in [-0.39, 0.29) is 17.9 Å². The third kappa shape index (κ3) is 5.23. The zero-order valence-corrected chi connectivity index (χ0v) is 24.0. The highest BCUT2D eigenvalue weighted by Gasteiger charge is 2.33. The van der Waals surface area contributed by atoms with Crippen molar-refractivity contribution >= 4 is 34.8 Å². The second-order valence-corrected chi connectivity index (χ2v) is 10.8. The SMILES string of the molecule is CCOC(=O)C1=C(C)N=c2s/c(=C\c3ccc(-c4ccc(C)cc4[N+](=O)[O-])o3)c(=O)n2C1c1ccc(N(C)C)cc1. The summed E-state index contributed by atoms with van der Waals surface area (Å²) < 4.78 is 13.1. The predicted molar refractivity (Wildman–Crippen MR) is 157 cm³/mol. The van der Waals surface area contributed by atoms with Crippen molar-refractivity contribution in [3.05, 3.63) is 113 Å². The summed E-state index contributed by atoms with van der Waals surface area (Å²) in [6, 6.07) is 15.1. The van der Waals surface area contributed by atoms with Gasteiger partial charge in [-0.05, 0) is 62.2 Å². The molecule has 0 N–H and O–H groups in total. The maximum Gasteiger partial charge on any atom is 0.338 e. The number of hydrogen-bond acceptors (Lipinski definition) is 9. The van der Waals surface area contributed by atoms with Crippen LogP contribution in [-0.4, -0.2) is 36.2 Å². The van der Waals surface area contributed by atoms with E-state index in [1.165, 1.54) is 22.0 Å². The number of benzene rings is 2.